The third-order valence-corrected chi connectivity index (χ3v) is 2.53. The van der Waals surface area contributed by atoms with Crippen molar-refractivity contribution in [2.24, 2.45) is 10.8 Å². The molecule has 1 aliphatic rings. The van der Waals surface area contributed by atoms with E-state index in [0.717, 1.165) is 19.1 Å². The lowest BCUT2D eigenvalue weighted by molar-refractivity contribution is 0.588. The summed E-state index contributed by atoms with van der Waals surface area (Å²) in [4.78, 5) is 4.07. The van der Waals surface area contributed by atoms with E-state index >= 15 is 0 Å². The highest BCUT2D eigenvalue weighted by molar-refractivity contribution is 7.88. The van der Waals surface area contributed by atoms with Gasteiger partial charge < -0.3 is 5.32 Å². The lowest BCUT2D eigenvalue weighted by Crippen LogP contribution is -2.43. The third kappa shape index (κ3) is 6.26. The van der Waals surface area contributed by atoms with Crippen LogP contribution in [0.2, 0.25) is 0 Å². The first-order valence-corrected chi connectivity index (χ1v) is 6.62. The van der Waals surface area contributed by atoms with Gasteiger partial charge in [0.25, 0.3) is 0 Å². The number of guanidine groups is 1. The van der Waals surface area contributed by atoms with Gasteiger partial charge in [0, 0.05) is 12.6 Å². The van der Waals surface area contributed by atoms with E-state index in [4.69, 9.17) is 5.84 Å². The number of nitrogens with zero attached hydrogens (tertiary/aromatic N) is 1. The number of aliphatic imine (C=N–C) groups is 1. The van der Waals surface area contributed by atoms with Crippen LogP contribution < -0.4 is 21.3 Å². The summed E-state index contributed by atoms with van der Waals surface area (Å²) < 4.78 is 23.8. The van der Waals surface area contributed by atoms with Gasteiger partial charge in [-0.15, -0.1) is 0 Å². The average molecular weight is 235 g/mol. The standard InChI is InChI=1S/C7H17N5O2S/c1-15(13,14)10-5-4-9-7(12-8)11-6-2-3-6/h6,10H,2-5,8H2,1H3,(H2,9,11,12). The fourth-order valence-corrected chi connectivity index (χ4v) is 1.41. The van der Waals surface area contributed by atoms with Gasteiger partial charge in [-0.3, -0.25) is 10.4 Å². The van der Waals surface area contributed by atoms with E-state index in [-0.39, 0.29) is 6.54 Å². The topological polar surface area (TPSA) is 109 Å². The summed E-state index contributed by atoms with van der Waals surface area (Å²) in [5.41, 5.74) is 2.43. The van der Waals surface area contributed by atoms with E-state index in [9.17, 15) is 8.42 Å². The highest BCUT2D eigenvalue weighted by Gasteiger charge is 2.21. The van der Waals surface area contributed by atoms with Gasteiger partial charge in [0.15, 0.2) is 0 Å². The van der Waals surface area contributed by atoms with E-state index in [1.807, 2.05) is 0 Å². The van der Waals surface area contributed by atoms with Crippen LogP contribution in [0.5, 0.6) is 0 Å². The Morgan fingerprint density at radius 3 is 2.67 bits per heavy atom. The van der Waals surface area contributed by atoms with Crippen LogP contribution in [0.25, 0.3) is 0 Å². The Morgan fingerprint density at radius 2 is 2.20 bits per heavy atom. The second-order valence-corrected chi connectivity index (χ2v) is 5.29. The first-order chi connectivity index (χ1) is 7.01. The van der Waals surface area contributed by atoms with Crippen LogP contribution in [-0.4, -0.2) is 39.8 Å². The summed E-state index contributed by atoms with van der Waals surface area (Å²) in [6.45, 7) is 0.628. The van der Waals surface area contributed by atoms with Crippen LogP contribution in [0.3, 0.4) is 0 Å². The summed E-state index contributed by atoms with van der Waals surface area (Å²) in [5.74, 6) is 5.74. The van der Waals surface area contributed by atoms with E-state index in [1.54, 1.807) is 0 Å². The van der Waals surface area contributed by atoms with E-state index in [2.05, 4.69) is 20.5 Å². The summed E-state index contributed by atoms with van der Waals surface area (Å²) in [7, 11) is -3.13. The summed E-state index contributed by atoms with van der Waals surface area (Å²) in [5, 5.41) is 3.07. The molecule has 0 unspecified atom stereocenters. The summed E-state index contributed by atoms with van der Waals surface area (Å²) in [6, 6.07) is 0.461. The normalized spacial score (nSPS) is 17.6. The smallest absolute Gasteiger partial charge is 0.208 e. The van der Waals surface area contributed by atoms with Crippen LogP contribution in [0.1, 0.15) is 12.8 Å². The predicted molar refractivity (Wildman–Crippen MR) is 58.6 cm³/mol. The SMILES string of the molecule is CS(=O)(=O)NCCN=C(NN)NC1CC1. The monoisotopic (exact) mass is 235 g/mol. The Morgan fingerprint density at radius 1 is 1.53 bits per heavy atom. The maximum Gasteiger partial charge on any atom is 0.208 e. The molecular weight excluding hydrogens is 218 g/mol. The zero-order valence-electron chi connectivity index (χ0n) is 8.66. The molecule has 1 fully saturated rings. The zero-order valence-corrected chi connectivity index (χ0v) is 9.47. The molecule has 5 N–H and O–H groups in total. The van der Waals surface area contributed by atoms with Crippen molar-refractivity contribution in [1.82, 2.24) is 15.5 Å². The molecule has 0 saturated heterocycles. The van der Waals surface area contributed by atoms with Crippen LogP contribution in [0, 0.1) is 0 Å². The van der Waals surface area contributed by atoms with Crippen molar-refractivity contribution >= 4 is 16.0 Å². The van der Waals surface area contributed by atoms with Gasteiger partial charge in [-0.05, 0) is 12.8 Å². The average Bonchev–Trinajstić information content (AvgIpc) is 2.92. The Balaban J connectivity index is 2.21. The Kier molecular flexibility index (Phi) is 4.30. The summed E-state index contributed by atoms with van der Waals surface area (Å²) >= 11 is 0. The van der Waals surface area contributed by atoms with Gasteiger partial charge >= 0.3 is 0 Å². The molecule has 88 valence electrons. The van der Waals surface area contributed by atoms with Crippen molar-refractivity contribution < 1.29 is 8.42 Å². The highest BCUT2D eigenvalue weighted by atomic mass is 32.2. The maximum atomic E-state index is 10.7. The second kappa shape index (κ2) is 5.29. The molecule has 0 atom stereocenters. The number of nitrogens with two attached hydrogens (primary N) is 1. The molecule has 0 aliphatic heterocycles. The second-order valence-electron chi connectivity index (χ2n) is 3.46. The number of rotatable bonds is 5. The number of hydrazine groups is 1. The minimum Gasteiger partial charge on any atom is -0.353 e. The highest BCUT2D eigenvalue weighted by Crippen LogP contribution is 2.18. The fraction of sp³-hybridized carbons (Fsp3) is 0.857. The fourth-order valence-electron chi connectivity index (χ4n) is 0.953. The predicted octanol–water partition coefficient (Wildman–Crippen LogP) is -1.89. The lowest BCUT2D eigenvalue weighted by Gasteiger charge is -2.07. The van der Waals surface area contributed by atoms with Gasteiger partial charge in [0.1, 0.15) is 0 Å². The van der Waals surface area contributed by atoms with Crippen molar-refractivity contribution in [2.75, 3.05) is 19.3 Å². The van der Waals surface area contributed by atoms with Crippen molar-refractivity contribution in [3.05, 3.63) is 0 Å². The van der Waals surface area contributed by atoms with Crippen LogP contribution in [0.4, 0.5) is 0 Å². The Labute approximate surface area is 89.5 Å². The van der Waals surface area contributed by atoms with Gasteiger partial charge in [-0.2, -0.15) is 0 Å². The van der Waals surface area contributed by atoms with Crippen molar-refractivity contribution in [3.63, 3.8) is 0 Å². The first-order valence-electron chi connectivity index (χ1n) is 4.73. The molecule has 7 nitrogen and oxygen atoms in total. The maximum absolute atomic E-state index is 10.7. The molecule has 15 heavy (non-hydrogen) atoms. The molecule has 1 aliphatic carbocycles. The number of nitrogens with one attached hydrogen (secondary N) is 3. The van der Waals surface area contributed by atoms with Gasteiger partial charge in [0.2, 0.25) is 16.0 Å². The number of sulfonamides is 1. The molecule has 0 spiro atoms. The molecule has 1 rings (SSSR count). The molecule has 1 saturated carbocycles. The van der Waals surface area contributed by atoms with Crippen LogP contribution >= 0.6 is 0 Å². The third-order valence-electron chi connectivity index (χ3n) is 1.80. The van der Waals surface area contributed by atoms with Gasteiger partial charge in [-0.1, -0.05) is 0 Å². The zero-order chi connectivity index (χ0) is 11.3. The van der Waals surface area contributed by atoms with Crippen molar-refractivity contribution in [3.8, 4) is 0 Å². The van der Waals surface area contributed by atoms with E-state index < -0.39 is 10.0 Å². The number of hydrogen-bond donors (Lipinski definition) is 4. The molecule has 0 aromatic carbocycles. The summed E-state index contributed by atoms with van der Waals surface area (Å²) in [6.07, 6.45) is 3.37. The first kappa shape index (κ1) is 12.2. The molecule has 0 amide bonds. The van der Waals surface area contributed by atoms with Gasteiger partial charge in [-0.25, -0.2) is 19.0 Å². The van der Waals surface area contributed by atoms with Crippen LogP contribution in [-0.2, 0) is 10.0 Å². The minimum absolute atomic E-state index is 0.274. The lowest BCUT2D eigenvalue weighted by atomic mass is 10.6. The molecule has 0 radical (unpaired) electrons. The molecule has 0 bridgehead atoms. The van der Waals surface area contributed by atoms with Crippen molar-refractivity contribution in [1.29, 1.82) is 0 Å². The molecule has 0 heterocycles. The molecular formula is C7H17N5O2S. The molecule has 0 aromatic rings. The Bertz CT molecular complexity index is 322. The quantitative estimate of drug-likeness (QED) is 0.146. The molecule has 0 aromatic heterocycles. The number of hydrogen-bond acceptors (Lipinski definition) is 4. The van der Waals surface area contributed by atoms with Gasteiger partial charge in [0.05, 0.1) is 12.8 Å². The molecule has 8 heteroatoms. The van der Waals surface area contributed by atoms with E-state index in [1.165, 1.54) is 0 Å². The van der Waals surface area contributed by atoms with Crippen molar-refractivity contribution in [2.45, 2.75) is 18.9 Å². The minimum atomic E-state index is -3.13. The Hall–Kier alpha value is -0.860. The van der Waals surface area contributed by atoms with Crippen LogP contribution in [0.15, 0.2) is 4.99 Å². The van der Waals surface area contributed by atoms with E-state index in [0.29, 0.717) is 18.5 Å². The largest absolute Gasteiger partial charge is 0.353 e.